The fraction of sp³-hybridized carbons (Fsp3) is 0.300. The number of unbranched alkanes of at least 4 members (excludes halogenated alkanes) is 5. The fourth-order valence-electron chi connectivity index (χ4n) is 4.08. The van der Waals surface area contributed by atoms with Gasteiger partial charge in [-0.3, -0.25) is 10.5 Å². The van der Waals surface area contributed by atoms with Crippen molar-refractivity contribution in [2.45, 2.75) is 57.0 Å². The van der Waals surface area contributed by atoms with Crippen LogP contribution in [0.25, 0.3) is 22.1 Å². The summed E-state index contributed by atoms with van der Waals surface area (Å²) in [5.74, 6) is 1.06. The molecule has 0 bridgehead atoms. The van der Waals surface area contributed by atoms with Crippen molar-refractivity contribution in [1.29, 1.82) is 0 Å². The first-order valence-electron chi connectivity index (χ1n) is 13.6. The first kappa shape index (κ1) is 33.0. The molecule has 0 amide bonds. The number of para-hydroxylation sites is 5. The molecule has 3 heterocycles. The summed E-state index contributed by atoms with van der Waals surface area (Å²) in [7, 11) is 3.32. The smallest absolute Gasteiger partial charge is 0.177 e. The molecule has 5 N–H and O–H groups in total. The second kappa shape index (κ2) is 18.8. The molecule has 218 valence electrons. The van der Waals surface area contributed by atoms with Gasteiger partial charge in [0.15, 0.2) is 9.93 Å². The average molecular weight is 628 g/mol. The molecule has 0 fully saturated rings. The Balaban J connectivity index is 0.000000186. The molecule has 0 atom stereocenters. The molecule has 1 aliphatic heterocycles. The maximum atomic E-state index is 6.00. The van der Waals surface area contributed by atoms with E-state index in [1.165, 1.54) is 44.1 Å². The van der Waals surface area contributed by atoms with Gasteiger partial charge in [-0.2, -0.15) is 12.6 Å². The molecule has 41 heavy (non-hydrogen) atoms. The van der Waals surface area contributed by atoms with Crippen LogP contribution < -0.4 is 0 Å². The van der Waals surface area contributed by atoms with E-state index in [1.54, 1.807) is 21.6 Å². The first-order chi connectivity index (χ1) is 20.2. The van der Waals surface area contributed by atoms with E-state index >= 15 is 0 Å². The van der Waals surface area contributed by atoms with Gasteiger partial charge >= 0.3 is 0 Å². The van der Waals surface area contributed by atoms with Crippen molar-refractivity contribution in [3.05, 3.63) is 83.1 Å². The van der Waals surface area contributed by atoms with Gasteiger partial charge in [-0.1, -0.05) is 81.5 Å². The summed E-state index contributed by atoms with van der Waals surface area (Å²) >= 11 is 9.05. The molecule has 6 rings (SSSR count). The number of aliphatic imine (C=N–C) groups is 1. The van der Waals surface area contributed by atoms with Crippen molar-refractivity contribution in [1.82, 2.24) is 19.9 Å². The Labute approximate surface area is 259 Å². The van der Waals surface area contributed by atoms with Crippen LogP contribution in [-0.2, 0) is 6.42 Å². The molecule has 0 radical (unpaired) electrons. The molecule has 3 aromatic carbocycles. The van der Waals surface area contributed by atoms with Crippen LogP contribution in [0.5, 0.6) is 0 Å². The largest absolute Gasteiger partial charge is 0.332 e. The zero-order chi connectivity index (χ0) is 29.3. The number of nitrogens with zero attached hydrogens (tertiary/aromatic N) is 2. The Morgan fingerprint density at radius 2 is 1.39 bits per heavy atom. The number of aromatic amines is 3. The Morgan fingerprint density at radius 3 is 2.05 bits per heavy atom. The van der Waals surface area contributed by atoms with Crippen molar-refractivity contribution in [2.24, 2.45) is 4.99 Å². The summed E-state index contributed by atoms with van der Waals surface area (Å²) in [6.07, 6.45) is 9.19. The second-order valence-electron chi connectivity index (χ2n) is 9.15. The van der Waals surface area contributed by atoms with E-state index in [4.69, 9.17) is 22.7 Å². The highest BCUT2D eigenvalue weighted by Gasteiger charge is 2.15. The van der Waals surface area contributed by atoms with Gasteiger partial charge in [-0.15, -0.1) is 0 Å². The average Bonchev–Trinajstić information content (AvgIpc) is 3.72. The highest BCUT2D eigenvalue weighted by molar-refractivity contribution is 8.82. The number of hydrogen-bond donors (Lipinski definition) is 6. The topological polar surface area (TPSA) is 113 Å². The summed E-state index contributed by atoms with van der Waals surface area (Å²) in [6.45, 7) is 2.25. The number of H-pyrrole nitrogens is 3. The molecule has 0 unspecified atom stereocenters. The Morgan fingerprint density at radius 1 is 0.780 bits per heavy atom. The van der Waals surface area contributed by atoms with E-state index in [2.05, 4.69) is 62.7 Å². The lowest BCUT2D eigenvalue weighted by molar-refractivity contribution is -0.176. The van der Waals surface area contributed by atoms with E-state index in [1.807, 2.05) is 54.6 Å². The van der Waals surface area contributed by atoms with Crippen LogP contribution >= 0.6 is 46.4 Å². The highest BCUT2D eigenvalue weighted by Crippen LogP contribution is 2.37. The van der Waals surface area contributed by atoms with Gasteiger partial charge in [0.2, 0.25) is 0 Å². The third kappa shape index (κ3) is 11.0. The maximum absolute atomic E-state index is 6.00. The minimum atomic E-state index is 0.682. The van der Waals surface area contributed by atoms with Gasteiger partial charge in [0, 0.05) is 6.42 Å². The summed E-state index contributed by atoms with van der Waals surface area (Å²) in [5.41, 5.74) is 6.61. The summed E-state index contributed by atoms with van der Waals surface area (Å²) < 4.78 is 0.682. The SMILES string of the molecule is CCCCCCCCS.OO.S=c1[nH]c2ccccc2[nH]1.c1ccc2c(c1)CC(SSc1nc3ccccc3[nH]1)=N2. The minimum Gasteiger partial charge on any atom is -0.332 e. The molecule has 1 aliphatic rings. The third-order valence-electron chi connectivity index (χ3n) is 6.10. The first-order valence-corrected chi connectivity index (χ1v) is 16.8. The van der Waals surface area contributed by atoms with Gasteiger partial charge in [0.1, 0.15) is 0 Å². The van der Waals surface area contributed by atoms with E-state index in [0.717, 1.165) is 50.1 Å². The number of thiol groups is 1. The van der Waals surface area contributed by atoms with Crippen LogP contribution in [-0.4, -0.2) is 41.2 Å². The summed E-state index contributed by atoms with van der Waals surface area (Å²) in [5, 5.41) is 14.1. The molecule has 7 nitrogen and oxygen atoms in total. The molecule has 0 saturated heterocycles. The van der Waals surface area contributed by atoms with Crippen LogP contribution in [0.2, 0.25) is 0 Å². The van der Waals surface area contributed by atoms with E-state index in [9.17, 15) is 0 Å². The number of nitrogens with one attached hydrogen (secondary N) is 3. The zero-order valence-corrected chi connectivity index (χ0v) is 26.4. The van der Waals surface area contributed by atoms with Crippen molar-refractivity contribution >= 4 is 79.2 Å². The predicted octanol–water partition coefficient (Wildman–Crippen LogP) is 10.1. The second-order valence-corrected chi connectivity index (χ2v) is 12.2. The van der Waals surface area contributed by atoms with Crippen LogP contribution in [0.15, 0.2) is 82.9 Å². The monoisotopic (exact) mass is 627 g/mol. The van der Waals surface area contributed by atoms with Gasteiger partial charge < -0.3 is 15.0 Å². The molecule has 2 aromatic heterocycles. The lowest BCUT2D eigenvalue weighted by Gasteiger charge is -1.96. The van der Waals surface area contributed by atoms with Crippen LogP contribution in [0.3, 0.4) is 0 Å². The number of rotatable bonds is 8. The lowest BCUT2D eigenvalue weighted by atomic mass is 10.1. The lowest BCUT2D eigenvalue weighted by Crippen LogP contribution is -1.88. The fourth-order valence-corrected chi connectivity index (χ4v) is 6.39. The van der Waals surface area contributed by atoms with Crippen LogP contribution in [0.1, 0.15) is 51.0 Å². The molecule has 5 aromatic rings. The predicted molar refractivity (Wildman–Crippen MR) is 183 cm³/mol. The summed E-state index contributed by atoms with van der Waals surface area (Å²) in [6, 6.07) is 24.3. The number of benzene rings is 3. The zero-order valence-electron chi connectivity index (χ0n) is 23.0. The Hall–Kier alpha value is -2.54. The van der Waals surface area contributed by atoms with Gasteiger partial charge in [0.25, 0.3) is 0 Å². The Kier molecular flexibility index (Phi) is 15.1. The number of fused-ring (bicyclic) bond motifs is 3. The molecule has 0 aliphatic carbocycles. The highest BCUT2D eigenvalue weighted by atomic mass is 33.1. The minimum absolute atomic E-state index is 0.682. The molecule has 11 heteroatoms. The van der Waals surface area contributed by atoms with E-state index < -0.39 is 0 Å². The van der Waals surface area contributed by atoms with Crippen molar-refractivity contribution in [3.8, 4) is 0 Å². The van der Waals surface area contributed by atoms with E-state index in [-0.39, 0.29) is 0 Å². The third-order valence-corrected chi connectivity index (χ3v) is 8.78. The maximum Gasteiger partial charge on any atom is 0.177 e. The van der Waals surface area contributed by atoms with E-state index in [0.29, 0.717) is 4.77 Å². The van der Waals surface area contributed by atoms with Gasteiger partial charge in [-0.05, 0) is 81.9 Å². The Bertz CT molecular complexity index is 1470. The molecular weight excluding hydrogens is 591 g/mol. The van der Waals surface area contributed by atoms with Crippen LogP contribution in [0, 0.1) is 4.77 Å². The summed E-state index contributed by atoms with van der Waals surface area (Å²) in [4.78, 5) is 18.5. The van der Waals surface area contributed by atoms with Crippen molar-refractivity contribution < 1.29 is 10.5 Å². The normalized spacial score (nSPS) is 11.5. The van der Waals surface area contributed by atoms with Crippen molar-refractivity contribution in [2.75, 3.05) is 5.75 Å². The quantitative estimate of drug-likeness (QED) is 0.0255. The van der Waals surface area contributed by atoms with Crippen molar-refractivity contribution in [3.63, 3.8) is 0 Å². The number of imidazole rings is 2. The number of aromatic nitrogens is 4. The molecule has 0 saturated carbocycles. The number of hydrogen-bond acceptors (Lipinski definition) is 8. The molecular formula is C30H37N5O2S4. The molecule has 0 spiro atoms. The van der Waals surface area contributed by atoms with Gasteiger partial charge in [-0.25, -0.2) is 9.98 Å². The van der Waals surface area contributed by atoms with Gasteiger partial charge in [0.05, 0.1) is 32.8 Å². The van der Waals surface area contributed by atoms with Crippen LogP contribution in [0.4, 0.5) is 5.69 Å². The standard InChI is InChI=1S/C15H11N3S2.C8H18S.C7H6N2S.H2O2/c1-2-6-11-10(5-1)9-14(16-11)19-20-15-17-12-7-3-4-8-13(12)18-15;1-2-3-4-5-6-7-8-9;10-7-8-5-3-1-2-4-6(5)9-7;1-2/h1-8H,9H2,(H,17,18);9H,2-8H2,1H3;1-4H,(H2,8,9,10);1-2H.